The first kappa shape index (κ1) is 13.0. The van der Waals surface area contributed by atoms with Crippen molar-refractivity contribution in [3.63, 3.8) is 0 Å². The van der Waals surface area contributed by atoms with E-state index in [-0.39, 0.29) is 18.2 Å². The summed E-state index contributed by atoms with van der Waals surface area (Å²) in [5.41, 5.74) is 5.20. The van der Waals surface area contributed by atoms with Crippen molar-refractivity contribution in [1.29, 1.82) is 0 Å². The molecule has 0 radical (unpaired) electrons. The van der Waals surface area contributed by atoms with Crippen LogP contribution in [0.5, 0.6) is 0 Å². The Morgan fingerprint density at radius 3 is 3.00 bits per heavy atom. The first-order chi connectivity index (χ1) is 8.22. The van der Waals surface area contributed by atoms with Crippen LogP contribution in [-0.4, -0.2) is 33.0 Å². The van der Waals surface area contributed by atoms with Gasteiger partial charge in [0.1, 0.15) is 5.84 Å². The van der Waals surface area contributed by atoms with Gasteiger partial charge in [-0.3, -0.25) is 4.79 Å². The normalized spacial score (nSPS) is 11.4. The van der Waals surface area contributed by atoms with Gasteiger partial charge >= 0.3 is 0 Å². The van der Waals surface area contributed by atoms with E-state index in [0.717, 1.165) is 19.4 Å². The fourth-order valence-electron chi connectivity index (χ4n) is 1.33. The third-order valence-electron chi connectivity index (χ3n) is 2.19. The molecule has 0 unspecified atom stereocenters. The second-order valence-corrected chi connectivity index (χ2v) is 3.63. The number of amides is 1. The standard InChI is InChI=1S/C10H17N5O2/c11-9(14-17)7-10(16)13-3-1-2-5-15-6-4-12-8-15/h4,6,8,17H,1-3,5,7H2,(H2,11,14)(H,13,16). The molecule has 0 aliphatic heterocycles. The van der Waals surface area contributed by atoms with Crippen LogP contribution < -0.4 is 11.1 Å². The smallest absolute Gasteiger partial charge is 0.227 e. The molecule has 7 heteroatoms. The van der Waals surface area contributed by atoms with Crippen LogP contribution in [0.3, 0.4) is 0 Å². The highest BCUT2D eigenvalue weighted by Gasteiger charge is 2.03. The molecular formula is C10H17N5O2. The Kier molecular flexibility index (Phi) is 5.56. The molecule has 1 rings (SSSR count). The van der Waals surface area contributed by atoms with Gasteiger partial charge in [-0.05, 0) is 12.8 Å². The highest BCUT2D eigenvalue weighted by Crippen LogP contribution is 1.94. The monoisotopic (exact) mass is 239 g/mol. The molecule has 1 aromatic rings. The molecule has 0 fully saturated rings. The molecule has 0 atom stereocenters. The molecule has 0 saturated heterocycles. The van der Waals surface area contributed by atoms with E-state index in [0.29, 0.717) is 6.54 Å². The number of imidazole rings is 1. The summed E-state index contributed by atoms with van der Waals surface area (Å²) in [6.07, 6.45) is 7.16. The molecule has 7 nitrogen and oxygen atoms in total. The van der Waals surface area contributed by atoms with Crippen molar-refractivity contribution < 1.29 is 10.0 Å². The van der Waals surface area contributed by atoms with Crippen molar-refractivity contribution in [3.05, 3.63) is 18.7 Å². The number of carbonyl (C=O) groups excluding carboxylic acids is 1. The third-order valence-corrected chi connectivity index (χ3v) is 2.19. The molecule has 4 N–H and O–H groups in total. The minimum absolute atomic E-state index is 0.0714. The summed E-state index contributed by atoms with van der Waals surface area (Å²) < 4.78 is 1.98. The lowest BCUT2D eigenvalue weighted by Gasteiger charge is -2.05. The lowest BCUT2D eigenvalue weighted by atomic mass is 10.3. The number of aryl methyl sites for hydroxylation is 1. The summed E-state index contributed by atoms with van der Waals surface area (Å²) in [5, 5.41) is 13.7. The number of unbranched alkanes of at least 4 members (excludes halogenated alkanes) is 1. The number of hydrogen-bond donors (Lipinski definition) is 3. The largest absolute Gasteiger partial charge is 0.409 e. The van der Waals surface area contributed by atoms with Crippen LogP contribution in [0, 0.1) is 0 Å². The van der Waals surface area contributed by atoms with E-state index in [4.69, 9.17) is 10.9 Å². The summed E-state index contributed by atoms with van der Waals surface area (Å²) >= 11 is 0. The number of oxime groups is 1. The lowest BCUT2D eigenvalue weighted by Crippen LogP contribution is -2.29. The van der Waals surface area contributed by atoms with E-state index in [2.05, 4.69) is 15.5 Å². The van der Waals surface area contributed by atoms with Crippen LogP contribution in [0.15, 0.2) is 23.9 Å². The number of nitrogens with zero attached hydrogens (tertiary/aromatic N) is 3. The summed E-state index contributed by atoms with van der Waals surface area (Å²) in [5.74, 6) is -0.316. The number of nitrogens with two attached hydrogens (primary N) is 1. The molecule has 1 heterocycles. The highest BCUT2D eigenvalue weighted by atomic mass is 16.4. The van der Waals surface area contributed by atoms with Crippen LogP contribution in [-0.2, 0) is 11.3 Å². The molecule has 0 aliphatic carbocycles. The number of aromatic nitrogens is 2. The van der Waals surface area contributed by atoms with Gasteiger partial charge in [0.15, 0.2) is 0 Å². The van der Waals surface area contributed by atoms with Gasteiger partial charge in [0.2, 0.25) is 5.91 Å². The van der Waals surface area contributed by atoms with Gasteiger partial charge in [-0.25, -0.2) is 4.98 Å². The molecule has 94 valence electrons. The van der Waals surface area contributed by atoms with E-state index < -0.39 is 0 Å². The molecule has 17 heavy (non-hydrogen) atoms. The maximum Gasteiger partial charge on any atom is 0.227 e. The maximum absolute atomic E-state index is 11.2. The highest BCUT2D eigenvalue weighted by molar-refractivity contribution is 5.98. The van der Waals surface area contributed by atoms with E-state index in [9.17, 15) is 4.79 Å². The van der Waals surface area contributed by atoms with Crippen molar-refractivity contribution in [2.75, 3.05) is 6.54 Å². The Bertz CT molecular complexity index is 361. The van der Waals surface area contributed by atoms with Gasteiger partial charge in [-0.1, -0.05) is 5.16 Å². The number of hydrogen-bond acceptors (Lipinski definition) is 4. The first-order valence-electron chi connectivity index (χ1n) is 5.41. The molecule has 0 bridgehead atoms. The lowest BCUT2D eigenvalue weighted by molar-refractivity contribution is -0.119. The van der Waals surface area contributed by atoms with E-state index in [1.807, 2.05) is 10.8 Å². The molecule has 0 aliphatic rings. The average molecular weight is 239 g/mol. The van der Waals surface area contributed by atoms with Crippen LogP contribution >= 0.6 is 0 Å². The Labute approximate surface area is 99.3 Å². The number of rotatable bonds is 7. The van der Waals surface area contributed by atoms with E-state index in [1.165, 1.54) is 0 Å². The molecule has 1 aromatic heterocycles. The second kappa shape index (κ2) is 7.26. The minimum atomic E-state index is -0.233. The van der Waals surface area contributed by atoms with Crippen LogP contribution in [0.4, 0.5) is 0 Å². The molecule has 1 amide bonds. The van der Waals surface area contributed by atoms with Gasteiger partial charge in [-0.2, -0.15) is 0 Å². The Hall–Kier alpha value is -2.05. The number of nitrogens with one attached hydrogen (secondary N) is 1. The summed E-state index contributed by atoms with van der Waals surface area (Å²) in [4.78, 5) is 15.1. The van der Waals surface area contributed by atoms with Crippen molar-refractivity contribution in [2.24, 2.45) is 10.9 Å². The maximum atomic E-state index is 11.2. The first-order valence-corrected chi connectivity index (χ1v) is 5.41. The summed E-state index contributed by atoms with van der Waals surface area (Å²) in [6, 6.07) is 0. The quantitative estimate of drug-likeness (QED) is 0.203. The Balaban J connectivity index is 2.02. The average Bonchev–Trinajstić information content (AvgIpc) is 2.81. The van der Waals surface area contributed by atoms with Crippen molar-refractivity contribution >= 4 is 11.7 Å². The van der Waals surface area contributed by atoms with E-state index >= 15 is 0 Å². The zero-order valence-electron chi connectivity index (χ0n) is 9.54. The molecule has 0 saturated carbocycles. The van der Waals surface area contributed by atoms with Gasteiger partial charge in [0, 0.05) is 25.5 Å². The predicted molar refractivity (Wildman–Crippen MR) is 62.5 cm³/mol. The zero-order valence-corrected chi connectivity index (χ0v) is 9.54. The van der Waals surface area contributed by atoms with Crippen LogP contribution in [0.2, 0.25) is 0 Å². The van der Waals surface area contributed by atoms with Gasteiger partial charge < -0.3 is 20.8 Å². The summed E-state index contributed by atoms with van der Waals surface area (Å²) in [6.45, 7) is 1.47. The third kappa shape index (κ3) is 5.55. The van der Waals surface area contributed by atoms with Crippen LogP contribution in [0.1, 0.15) is 19.3 Å². The van der Waals surface area contributed by atoms with E-state index in [1.54, 1.807) is 12.5 Å². The predicted octanol–water partition coefficient (Wildman–Crippen LogP) is -0.0840. The molecule has 0 spiro atoms. The number of amidine groups is 1. The second-order valence-electron chi connectivity index (χ2n) is 3.63. The molecular weight excluding hydrogens is 222 g/mol. The van der Waals surface area contributed by atoms with Crippen molar-refractivity contribution in [3.8, 4) is 0 Å². The van der Waals surface area contributed by atoms with Gasteiger partial charge in [-0.15, -0.1) is 0 Å². The molecule has 0 aromatic carbocycles. The SMILES string of the molecule is NC(CC(=O)NCCCCn1ccnc1)=NO. The van der Waals surface area contributed by atoms with Crippen molar-refractivity contribution in [2.45, 2.75) is 25.8 Å². The van der Waals surface area contributed by atoms with Crippen LogP contribution in [0.25, 0.3) is 0 Å². The minimum Gasteiger partial charge on any atom is -0.409 e. The Morgan fingerprint density at radius 2 is 2.35 bits per heavy atom. The Morgan fingerprint density at radius 1 is 1.53 bits per heavy atom. The van der Waals surface area contributed by atoms with Gasteiger partial charge in [0.25, 0.3) is 0 Å². The fourth-order valence-corrected chi connectivity index (χ4v) is 1.33. The summed E-state index contributed by atoms with van der Waals surface area (Å²) in [7, 11) is 0. The van der Waals surface area contributed by atoms with Gasteiger partial charge in [0.05, 0.1) is 12.7 Å². The number of carbonyl (C=O) groups is 1. The fraction of sp³-hybridized carbons (Fsp3) is 0.500. The topological polar surface area (TPSA) is 106 Å². The zero-order chi connectivity index (χ0) is 12.5. The van der Waals surface area contributed by atoms with Crippen molar-refractivity contribution in [1.82, 2.24) is 14.9 Å².